The Labute approximate surface area is 239 Å². The van der Waals surface area contributed by atoms with Gasteiger partial charge in [-0.2, -0.15) is 4.57 Å². The molecule has 212 valence electrons. The molecule has 0 radical (unpaired) electrons. The zero-order chi connectivity index (χ0) is 28.7. The topological polar surface area (TPSA) is 89.9 Å². The summed E-state index contributed by atoms with van der Waals surface area (Å²) >= 11 is 0. The fourth-order valence-corrected chi connectivity index (χ4v) is 5.90. The van der Waals surface area contributed by atoms with Gasteiger partial charge in [0.25, 0.3) is 0 Å². The molecule has 2 atom stereocenters. The number of pyridine rings is 1. The van der Waals surface area contributed by atoms with E-state index >= 15 is 0 Å². The molecule has 9 heteroatoms. The lowest BCUT2D eigenvalue weighted by Gasteiger charge is -2.33. The molecule has 0 spiro atoms. The molecule has 0 saturated heterocycles. The number of carboxylic acid groups (broad SMARTS) is 1. The lowest BCUT2D eigenvalue weighted by Crippen LogP contribution is -2.50. The van der Waals surface area contributed by atoms with Crippen molar-refractivity contribution in [1.82, 2.24) is 14.7 Å². The molecule has 0 bridgehead atoms. The highest BCUT2D eigenvalue weighted by Crippen LogP contribution is 2.35. The summed E-state index contributed by atoms with van der Waals surface area (Å²) in [6.07, 6.45) is 1.88. The lowest BCUT2D eigenvalue weighted by atomic mass is 9.96. The molecule has 2 aliphatic heterocycles. The molecule has 2 unspecified atom stereocenters. The second-order valence-electron chi connectivity index (χ2n) is 10.8. The molecule has 4 heterocycles. The number of fused-ring (bicyclic) bond motifs is 4. The number of benzene rings is 2. The Morgan fingerprint density at radius 3 is 2.83 bits per heavy atom. The highest BCUT2D eigenvalue weighted by molar-refractivity contribution is 5.90. The summed E-state index contributed by atoms with van der Waals surface area (Å²) < 4.78 is 21.5. The molecular formula is C32H35N4O5+. The van der Waals surface area contributed by atoms with Crippen molar-refractivity contribution in [2.75, 3.05) is 20.3 Å². The summed E-state index contributed by atoms with van der Waals surface area (Å²) in [6, 6.07) is 19.0. The van der Waals surface area contributed by atoms with Crippen molar-refractivity contribution in [1.29, 1.82) is 0 Å². The van der Waals surface area contributed by atoms with Crippen LogP contribution in [0.4, 0.5) is 0 Å². The fraction of sp³-hybridized carbons (Fsp3) is 0.344. The van der Waals surface area contributed by atoms with Crippen molar-refractivity contribution in [3.8, 4) is 28.7 Å². The lowest BCUT2D eigenvalue weighted by molar-refractivity contribution is -0.740. The largest absolute Gasteiger partial charge is 0.488 e. The SMILES string of the molecule is COCC(C)N1CCc2cc(COc3c(C)cccc3-c3cccc4[n+]3C(C)Oc3c(C(=O)O)cnn3-4)ccc2C1. The van der Waals surface area contributed by atoms with Crippen LogP contribution in [0.15, 0.2) is 60.8 Å². The predicted octanol–water partition coefficient (Wildman–Crippen LogP) is 4.72. The number of rotatable bonds is 8. The smallest absolute Gasteiger partial charge is 0.345 e. The van der Waals surface area contributed by atoms with Gasteiger partial charge in [-0.3, -0.25) is 4.90 Å². The Morgan fingerprint density at radius 1 is 1.20 bits per heavy atom. The molecular weight excluding hydrogens is 520 g/mol. The number of aromatic nitrogens is 3. The molecule has 6 rings (SSSR count). The average molecular weight is 556 g/mol. The van der Waals surface area contributed by atoms with E-state index in [4.69, 9.17) is 14.2 Å². The number of methoxy groups -OCH3 is 1. The third-order valence-corrected chi connectivity index (χ3v) is 8.04. The fourth-order valence-electron chi connectivity index (χ4n) is 5.90. The van der Waals surface area contributed by atoms with Crippen LogP contribution in [-0.2, 0) is 24.3 Å². The van der Waals surface area contributed by atoms with Gasteiger partial charge in [0.2, 0.25) is 6.23 Å². The second kappa shape index (κ2) is 11.0. The van der Waals surface area contributed by atoms with Gasteiger partial charge < -0.3 is 19.3 Å². The first-order valence-electron chi connectivity index (χ1n) is 13.9. The number of aromatic carboxylic acids is 1. The van der Waals surface area contributed by atoms with Crippen LogP contribution in [0, 0.1) is 6.92 Å². The molecule has 0 amide bonds. The molecule has 4 aromatic rings. The number of para-hydroxylation sites is 1. The number of ether oxygens (including phenoxy) is 3. The summed E-state index contributed by atoms with van der Waals surface area (Å²) in [7, 11) is 1.76. The summed E-state index contributed by atoms with van der Waals surface area (Å²) in [5, 5.41) is 13.9. The average Bonchev–Trinajstić information content (AvgIpc) is 3.40. The molecule has 2 aromatic heterocycles. The first-order chi connectivity index (χ1) is 19.9. The van der Waals surface area contributed by atoms with Gasteiger partial charge in [0.15, 0.2) is 5.56 Å². The normalized spacial score (nSPS) is 16.7. The van der Waals surface area contributed by atoms with E-state index in [1.807, 2.05) is 54.8 Å². The maximum atomic E-state index is 11.7. The van der Waals surface area contributed by atoms with Crippen LogP contribution in [0.25, 0.3) is 17.1 Å². The minimum Gasteiger partial charge on any atom is -0.488 e. The van der Waals surface area contributed by atoms with Crippen molar-refractivity contribution in [3.05, 3.63) is 88.6 Å². The molecule has 0 aliphatic carbocycles. The Morgan fingerprint density at radius 2 is 2.02 bits per heavy atom. The number of hydrogen-bond acceptors (Lipinski definition) is 6. The van der Waals surface area contributed by atoms with E-state index in [9.17, 15) is 9.90 Å². The van der Waals surface area contributed by atoms with Crippen LogP contribution in [0.5, 0.6) is 11.6 Å². The van der Waals surface area contributed by atoms with Crippen molar-refractivity contribution < 1.29 is 28.7 Å². The maximum Gasteiger partial charge on any atom is 0.345 e. The van der Waals surface area contributed by atoms with Gasteiger partial charge in [0, 0.05) is 39.2 Å². The van der Waals surface area contributed by atoms with E-state index in [1.165, 1.54) is 22.0 Å². The Balaban J connectivity index is 1.29. The highest BCUT2D eigenvalue weighted by Gasteiger charge is 2.38. The molecule has 2 aromatic carbocycles. The number of carboxylic acids is 1. The van der Waals surface area contributed by atoms with E-state index < -0.39 is 12.2 Å². The van der Waals surface area contributed by atoms with Gasteiger partial charge in [-0.05, 0) is 60.7 Å². The first-order valence-corrected chi connectivity index (χ1v) is 13.9. The first kappa shape index (κ1) is 27.0. The number of aryl methyl sites for hydroxylation is 1. The Kier molecular flexibility index (Phi) is 7.23. The summed E-state index contributed by atoms with van der Waals surface area (Å²) in [5.74, 6) is 0.680. The Bertz CT molecular complexity index is 1610. The Hall–Kier alpha value is -4.21. The summed E-state index contributed by atoms with van der Waals surface area (Å²) in [4.78, 5) is 14.2. The summed E-state index contributed by atoms with van der Waals surface area (Å²) in [5.41, 5.74) is 6.77. The quantitative estimate of drug-likeness (QED) is 0.315. The number of nitrogens with zero attached hydrogens (tertiary/aromatic N) is 4. The van der Waals surface area contributed by atoms with Crippen LogP contribution in [0.1, 0.15) is 52.7 Å². The minimum absolute atomic E-state index is 0.0373. The van der Waals surface area contributed by atoms with E-state index in [2.05, 4.69) is 35.1 Å². The van der Waals surface area contributed by atoms with Crippen LogP contribution in [0.3, 0.4) is 0 Å². The highest BCUT2D eigenvalue weighted by atomic mass is 16.5. The van der Waals surface area contributed by atoms with E-state index in [0.29, 0.717) is 12.6 Å². The van der Waals surface area contributed by atoms with Gasteiger partial charge in [-0.25, -0.2) is 4.79 Å². The standard InChI is InChI=1S/C32H34N4O5/c1-20-7-5-8-26(28-9-6-10-29-35(28)22(3)41-31-27(32(37)38)16-33-36(29)31)30(20)40-19-23-11-12-25-17-34(21(2)18-39-4)14-13-24(25)15-23/h5-12,15-16,21-22H,13-14,17-19H2,1-4H3/p+1. The van der Waals surface area contributed by atoms with Crippen LogP contribution >= 0.6 is 0 Å². The van der Waals surface area contributed by atoms with Gasteiger partial charge in [-0.15, -0.1) is 0 Å². The van der Waals surface area contributed by atoms with Crippen LogP contribution in [-0.4, -0.2) is 52.1 Å². The maximum absolute atomic E-state index is 11.7. The van der Waals surface area contributed by atoms with Crippen molar-refractivity contribution in [2.45, 2.75) is 52.6 Å². The second-order valence-corrected chi connectivity index (χ2v) is 10.8. The molecule has 1 N–H and O–H groups in total. The summed E-state index contributed by atoms with van der Waals surface area (Å²) in [6.45, 7) is 9.30. The third kappa shape index (κ3) is 4.96. The van der Waals surface area contributed by atoms with Gasteiger partial charge in [0.1, 0.15) is 18.1 Å². The van der Waals surface area contributed by atoms with Gasteiger partial charge in [0.05, 0.1) is 18.4 Å². The predicted molar refractivity (Wildman–Crippen MR) is 152 cm³/mol. The number of carbonyl (C=O) groups is 1. The van der Waals surface area contributed by atoms with E-state index in [-0.39, 0.29) is 11.4 Å². The molecule has 41 heavy (non-hydrogen) atoms. The zero-order valence-electron chi connectivity index (χ0n) is 23.8. The molecule has 9 nitrogen and oxygen atoms in total. The van der Waals surface area contributed by atoms with E-state index in [1.54, 1.807) is 7.11 Å². The monoisotopic (exact) mass is 555 g/mol. The molecule has 0 fully saturated rings. The van der Waals surface area contributed by atoms with Crippen molar-refractivity contribution in [3.63, 3.8) is 0 Å². The molecule has 0 saturated carbocycles. The van der Waals surface area contributed by atoms with Crippen molar-refractivity contribution in [2.24, 2.45) is 0 Å². The minimum atomic E-state index is -1.07. The molecule has 2 aliphatic rings. The number of hydrogen-bond donors (Lipinski definition) is 1. The van der Waals surface area contributed by atoms with E-state index in [0.717, 1.165) is 60.1 Å². The van der Waals surface area contributed by atoms with Crippen LogP contribution in [0.2, 0.25) is 0 Å². The van der Waals surface area contributed by atoms with Gasteiger partial charge in [-0.1, -0.05) is 40.1 Å². The zero-order valence-corrected chi connectivity index (χ0v) is 23.8. The van der Waals surface area contributed by atoms with Crippen LogP contribution < -0.4 is 14.0 Å². The third-order valence-electron chi connectivity index (χ3n) is 8.04. The van der Waals surface area contributed by atoms with Crippen molar-refractivity contribution >= 4 is 5.97 Å². The van der Waals surface area contributed by atoms with Gasteiger partial charge >= 0.3 is 17.7 Å².